The summed E-state index contributed by atoms with van der Waals surface area (Å²) < 4.78 is 0. The van der Waals surface area contributed by atoms with Gasteiger partial charge in [0, 0.05) is 50.5 Å². The Morgan fingerprint density at radius 2 is 1.71 bits per heavy atom. The van der Waals surface area contributed by atoms with Crippen LogP contribution in [0.2, 0.25) is 0 Å². The van der Waals surface area contributed by atoms with Crippen molar-refractivity contribution >= 4 is 23.2 Å². The molecule has 2 aromatic rings. The number of nitriles is 1. The Hall–Kier alpha value is -3.33. The Morgan fingerprint density at radius 3 is 2.39 bits per heavy atom. The molecule has 2 fully saturated rings. The highest BCUT2D eigenvalue weighted by Gasteiger charge is 2.37. The van der Waals surface area contributed by atoms with E-state index in [9.17, 15) is 9.59 Å². The lowest BCUT2D eigenvalue weighted by Crippen LogP contribution is -2.40. The number of hydrogen-bond acceptors (Lipinski definition) is 4. The highest BCUT2D eigenvalue weighted by molar-refractivity contribution is 6.00. The average molecular weight is 417 g/mol. The fraction of sp³-hybridized carbons (Fsp3) is 0.400. The molecule has 0 radical (unpaired) electrons. The molecule has 2 aromatic carbocycles. The van der Waals surface area contributed by atoms with Crippen molar-refractivity contribution in [3.63, 3.8) is 0 Å². The molecule has 2 amide bonds. The summed E-state index contributed by atoms with van der Waals surface area (Å²) in [4.78, 5) is 31.7. The molecule has 2 aliphatic rings. The largest absolute Gasteiger partial charge is 0.370 e. The van der Waals surface area contributed by atoms with E-state index in [1.165, 1.54) is 5.56 Å². The van der Waals surface area contributed by atoms with Crippen molar-refractivity contribution in [2.45, 2.75) is 26.2 Å². The quantitative estimate of drug-likeness (QED) is 0.768. The number of carbonyl (C=O) groups is 2. The molecule has 0 bridgehead atoms. The third-order valence-corrected chi connectivity index (χ3v) is 6.30. The lowest BCUT2D eigenvalue weighted by atomic mass is 10.1. The molecule has 2 heterocycles. The number of anilines is 2. The number of hydrogen-bond donors (Lipinski definition) is 0. The maximum absolute atomic E-state index is 13.2. The molecule has 6 heteroatoms. The van der Waals surface area contributed by atoms with Gasteiger partial charge in [-0.05, 0) is 54.8 Å². The summed E-state index contributed by atoms with van der Waals surface area (Å²) >= 11 is 0. The van der Waals surface area contributed by atoms with Crippen LogP contribution in [0, 0.1) is 17.2 Å². The molecule has 2 aliphatic heterocycles. The van der Waals surface area contributed by atoms with Gasteiger partial charge >= 0.3 is 0 Å². The molecule has 31 heavy (non-hydrogen) atoms. The Kier molecular flexibility index (Phi) is 6.22. The summed E-state index contributed by atoms with van der Waals surface area (Å²) in [5.74, 6) is -0.167. The number of nitrogens with zero attached hydrogens (tertiary/aromatic N) is 4. The standard InChI is InChI=1S/C25H28N4O2/c1-2-19-4-10-23(11-5-19)29-18-21(16-24(29)30)25(31)28-13-3-12-27(14-15-28)22-8-6-20(17-26)7-9-22/h4-11,21H,2-3,12-16,18H2,1H3. The first-order valence-electron chi connectivity index (χ1n) is 11.0. The molecule has 1 unspecified atom stereocenters. The number of rotatable bonds is 4. The molecular formula is C25H28N4O2. The molecule has 0 aromatic heterocycles. The van der Waals surface area contributed by atoms with E-state index >= 15 is 0 Å². The highest BCUT2D eigenvalue weighted by Crippen LogP contribution is 2.27. The average Bonchev–Trinajstić information content (AvgIpc) is 3.04. The molecule has 0 saturated carbocycles. The normalized spacial score (nSPS) is 19.3. The lowest BCUT2D eigenvalue weighted by Gasteiger charge is -2.25. The van der Waals surface area contributed by atoms with Crippen molar-refractivity contribution in [2.75, 3.05) is 42.5 Å². The zero-order valence-corrected chi connectivity index (χ0v) is 18.0. The van der Waals surface area contributed by atoms with Crippen LogP contribution >= 0.6 is 0 Å². The van der Waals surface area contributed by atoms with Crippen molar-refractivity contribution in [1.29, 1.82) is 5.26 Å². The van der Waals surface area contributed by atoms with Crippen LogP contribution in [0.4, 0.5) is 11.4 Å². The van der Waals surface area contributed by atoms with E-state index in [-0.39, 0.29) is 24.2 Å². The topological polar surface area (TPSA) is 67.7 Å². The van der Waals surface area contributed by atoms with Crippen LogP contribution in [0.3, 0.4) is 0 Å². The second kappa shape index (κ2) is 9.22. The molecule has 6 nitrogen and oxygen atoms in total. The van der Waals surface area contributed by atoms with E-state index in [4.69, 9.17) is 5.26 Å². The first-order chi connectivity index (χ1) is 15.1. The van der Waals surface area contributed by atoms with Crippen LogP contribution in [0.1, 0.15) is 30.9 Å². The minimum absolute atomic E-state index is 0.0247. The summed E-state index contributed by atoms with van der Waals surface area (Å²) in [6, 6.07) is 17.8. The van der Waals surface area contributed by atoms with Gasteiger partial charge in [-0.2, -0.15) is 5.26 Å². The smallest absolute Gasteiger partial charge is 0.228 e. The second-order valence-electron chi connectivity index (χ2n) is 8.25. The van der Waals surface area contributed by atoms with Gasteiger partial charge in [0.2, 0.25) is 11.8 Å². The van der Waals surface area contributed by atoms with Gasteiger partial charge < -0.3 is 14.7 Å². The van der Waals surface area contributed by atoms with Crippen molar-refractivity contribution in [3.8, 4) is 6.07 Å². The number of benzene rings is 2. The SMILES string of the molecule is CCc1ccc(N2CC(C(=O)N3CCCN(c4ccc(C#N)cc4)CC3)CC2=O)cc1. The van der Waals surface area contributed by atoms with E-state index in [0.717, 1.165) is 37.3 Å². The maximum atomic E-state index is 13.2. The molecule has 1 atom stereocenters. The molecule has 4 rings (SSSR count). The van der Waals surface area contributed by atoms with Gasteiger partial charge in [0.05, 0.1) is 17.6 Å². The molecule has 0 spiro atoms. The first-order valence-corrected chi connectivity index (χ1v) is 11.0. The molecular weight excluding hydrogens is 388 g/mol. The van der Waals surface area contributed by atoms with E-state index in [2.05, 4.69) is 17.9 Å². The Balaban J connectivity index is 1.38. The van der Waals surface area contributed by atoms with Crippen LogP contribution in [0.15, 0.2) is 48.5 Å². The third-order valence-electron chi connectivity index (χ3n) is 6.30. The van der Waals surface area contributed by atoms with Crippen LogP contribution in [0.5, 0.6) is 0 Å². The number of carbonyl (C=O) groups excluding carboxylic acids is 2. The van der Waals surface area contributed by atoms with Gasteiger partial charge in [-0.25, -0.2) is 0 Å². The molecule has 2 saturated heterocycles. The van der Waals surface area contributed by atoms with Crippen LogP contribution in [-0.2, 0) is 16.0 Å². The van der Waals surface area contributed by atoms with Crippen molar-refractivity contribution in [2.24, 2.45) is 5.92 Å². The number of aryl methyl sites for hydroxylation is 1. The Morgan fingerprint density at radius 1 is 1.00 bits per heavy atom. The Bertz CT molecular complexity index is 978. The van der Waals surface area contributed by atoms with Crippen LogP contribution in [0.25, 0.3) is 0 Å². The minimum atomic E-state index is -0.278. The molecule has 160 valence electrons. The Labute approximate surface area is 183 Å². The zero-order valence-electron chi connectivity index (χ0n) is 18.0. The summed E-state index contributed by atoms with van der Waals surface area (Å²) in [6.45, 7) is 5.54. The number of amides is 2. The second-order valence-corrected chi connectivity index (χ2v) is 8.25. The minimum Gasteiger partial charge on any atom is -0.370 e. The van der Waals surface area contributed by atoms with Crippen molar-refractivity contribution in [1.82, 2.24) is 4.90 Å². The van der Waals surface area contributed by atoms with E-state index in [1.807, 2.05) is 53.4 Å². The summed E-state index contributed by atoms with van der Waals surface area (Å²) in [5, 5.41) is 8.98. The van der Waals surface area contributed by atoms with Crippen LogP contribution < -0.4 is 9.80 Å². The maximum Gasteiger partial charge on any atom is 0.228 e. The van der Waals surface area contributed by atoms with Gasteiger partial charge in [0.1, 0.15) is 0 Å². The van der Waals surface area contributed by atoms with E-state index < -0.39 is 0 Å². The summed E-state index contributed by atoms with van der Waals surface area (Å²) in [6.07, 6.45) is 2.13. The van der Waals surface area contributed by atoms with Crippen molar-refractivity contribution < 1.29 is 9.59 Å². The molecule has 0 aliphatic carbocycles. The van der Waals surface area contributed by atoms with Gasteiger partial charge in [-0.1, -0.05) is 19.1 Å². The monoisotopic (exact) mass is 416 g/mol. The predicted octanol–water partition coefficient (Wildman–Crippen LogP) is 3.21. The molecule has 0 N–H and O–H groups in total. The summed E-state index contributed by atoms with van der Waals surface area (Å²) in [7, 11) is 0. The third kappa shape index (κ3) is 4.56. The highest BCUT2D eigenvalue weighted by atomic mass is 16.2. The predicted molar refractivity (Wildman–Crippen MR) is 121 cm³/mol. The van der Waals surface area contributed by atoms with Gasteiger partial charge in [0.15, 0.2) is 0 Å². The van der Waals surface area contributed by atoms with E-state index in [0.29, 0.717) is 25.2 Å². The van der Waals surface area contributed by atoms with E-state index in [1.54, 1.807) is 4.90 Å². The van der Waals surface area contributed by atoms with Gasteiger partial charge in [-0.3, -0.25) is 9.59 Å². The van der Waals surface area contributed by atoms with Gasteiger partial charge in [-0.15, -0.1) is 0 Å². The zero-order chi connectivity index (χ0) is 21.8. The summed E-state index contributed by atoms with van der Waals surface area (Å²) in [5.41, 5.74) is 3.83. The van der Waals surface area contributed by atoms with Gasteiger partial charge in [0.25, 0.3) is 0 Å². The fourth-order valence-electron chi connectivity index (χ4n) is 4.44. The fourth-order valence-corrected chi connectivity index (χ4v) is 4.44. The first kappa shape index (κ1) is 20.9. The van der Waals surface area contributed by atoms with Crippen LogP contribution in [-0.4, -0.2) is 49.4 Å². The van der Waals surface area contributed by atoms with Crippen molar-refractivity contribution in [3.05, 3.63) is 59.7 Å². The lowest BCUT2D eigenvalue weighted by molar-refractivity contribution is -0.135.